The number of rotatable bonds is 5. The van der Waals surface area contributed by atoms with Crippen molar-refractivity contribution in [3.05, 3.63) is 65.4 Å². The summed E-state index contributed by atoms with van der Waals surface area (Å²) < 4.78 is 1.88. The van der Waals surface area contributed by atoms with Crippen LogP contribution in [0.1, 0.15) is 39.3 Å². The Labute approximate surface area is 165 Å². The van der Waals surface area contributed by atoms with Crippen molar-refractivity contribution in [3.8, 4) is 0 Å². The van der Waals surface area contributed by atoms with Crippen molar-refractivity contribution >= 4 is 28.4 Å². The number of para-hydroxylation sites is 1. The first-order valence-electron chi connectivity index (χ1n) is 9.76. The van der Waals surface area contributed by atoms with Gasteiger partial charge in [-0.05, 0) is 55.2 Å². The quantitative estimate of drug-likeness (QED) is 0.740. The van der Waals surface area contributed by atoms with Gasteiger partial charge in [0.2, 0.25) is 5.91 Å². The van der Waals surface area contributed by atoms with Crippen molar-refractivity contribution in [2.75, 3.05) is 25.5 Å². The molecule has 28 heavy (non-hydrogen) atoms. The van der Waals surface area contributed by atoms with E-state index in [2.05, 4.69) is 11.4 Å². The third kappa shape index (κ3) is 3.28. The molecule has 0 atom stereocenters. The fraction of sp³-hybridized carbons (Fsp3) is 0.304. The lowest BCUT2D eigenvalue weighted by Gasteiger charge is -2.16. The molecule has 0 saturated carbocycles. The van der Waals surface area contributed by atoms with Gasteiger partial charge in [0.05, 0.1) is 5.52 Å². The maximum Gasteiger partial charge on any atom is 0.251 e. The average Bonchev–Trinajstić information content (AvgIpc) is 3.03. The van der Waals surface area contributed by atoms with Gasteiger partial charge in [-0.1, -0.05) is 18.2 Å². The molecular weight excluding hydrogens is 350 g/mol. The van der Waals surface area contributed by atoms with Crippen LogP contribution in [0.25, 0.3) is 10.9 Å². The summed E-state index contributed by atoms with van der Waals surface area (Å²) >= 11 is 0. The standard InChI is InChI=1S/C23H25N3O2/c1-25(2)17-12-10-16(11-13-17)23(28)24-15-14-19-18-6-3-4-7-20(18)26-21(19)8-5-9-22(26)27/h3-4,6-7,10-13H,5,8-9,14-15H2,1-2H3,(H,24,28). The summed E-state index contributed by atoms with van der Waals surface area (Å²) in [6, 6.07) is 15.6. The van der Waals surface area contributed by atoms with Gasteiger partial charge in [0.15, 0.2) is 0 Å². The summed E-state index contributed by atoms with van der Waals surface area (Å²) in [5.41, 5.74) is 5.01. The van der Waals surface area contributed by atoms with Crippen LogP contribution in [0.3, 0.4) is 0 Å². The molecule has 0 saturated heterocycles. The van der Waals surface area contributed by atoms with E-state index >= 15 is 0 Å². The molecule has 144 valence electrons. The minimum Gasteiger partial charge on any atom is -0.378 e. The molecule has 0 fully saturated rings. The number of anilines is 1. The molecule has 1 aliphatic heterocycles. The van der Waals surface area contributed by atoms with Crippen molar-refractivity contribution in [1.29, 1.82) is 0 Å². The van der Waals surface area contributed by atoms with Gasteiger partial charge < -0.3 is 10.2 Å². The number of nitrogens with zero attached hydrogens (tertiary/aromatic N) is 2. The molecule has 0 unspecified atom stereocenters. The molecule has 0 radical (unpaired) electrons. The van der Waals surface area contributed by atoms with Gasteiger partial charge in [0.1, 0.15) is 0 Å². The average molecular weight is 375 g/mol. The Bertz CT molecular complexity index is 1030. The number of hydrogen-bond acceptors (Lipinski definition) is 3. The first-order chi connectivity index (χ1) is 13.6. The van der Waals surface area contributed by atoms with Gasteiger partial charge in [-0.15, -0.1) is 0 Å². The first-order valence-corrected chi connectivity index (χ1v) is 9.76. The monoisotopic (exact) mass is 375 g/mol. The molecule has 1 aliphatic rings. The van der Waals surface area contributed by atoms with Gasteiger partial charge in [0.25, 0.3) is 5.91 Å². The molecule has 3 aromatic rings. The zero-order valence-electron chi connectivity index (χ0n) is 16.4. The highest BCUT2D eigenvalue weighted by Gasteiger charge is 2.24. The van der Waals surface area contributed by atoms with Crippen molar-refractivity contribution in [2.24, 2.45) is 0 Å². The van der Waals surface area contributed by atoms with E-state index in [1.54, 1.807) is 0 Å². The molecule has 0 bridgehead atoms. The Balaban J connectivity index is 1.50. The molecule has 0 spiro atoms. The topological polar surface area (TPSA) is 54.3 Å². The molecule has 1 N–H and O–H groups in total. The number of aromatic nitrogens is 1. The minimum atomic E-state index is -0.0706. The molecule has 5 nitrogen and oxygen atoms in total. The number of benzene rings is 2. The van der Waals surface area contributed by atoms with E-state index in [0.29, 0.717) is 18.5 Å². The predicted octanol–water partition coefficient (Wildman–Crippen LogP) is 3.66. The molecule has 2 aromatic carbocycles. The van der Waals surface area contributed by atoms with E-state index in [1.165, 1.54) is 5.56 Å². The van der Waals surface area contributed by atoms with E-state index in [0.717, 1.165) is 41.5 Å². The van der Waals surface area contributed by atoms with E-state index in [1.807, 2.05) is 66.0 Å². The van der Waals surface area contributed by atoms with Crippen LogP contribution < -0.4 is 10.2 Å². The summed E-state index contributed by atoms with van der Waals surface area (Å²) in [7, 11) is 3.95. The lowest BCUT2D eigenvalue weighted by atomic mass is 10.0. The minimum absolute atomic E-state index is 0.0706. The smallest absolute Gasteiger partial charge is 0.251 e. The van der Waals surface area contributed by atoms with E-state index in [4.69, 9.17) is 0 Å². The van der Waals surface area contributed by atoms with Crippen LogP contribution in [0, 0.1) is 0 Å². The maximum absolute atomic E-state index is 12.5. The fourth-order valence-corrected chi connectivity index (χ4v) is 4.02. The van der Waals surface area contributed by atoms with Crippen LogP contribution in [0.2, 0.25) is 0 Å². The molecule has 0 aliphatic carbocycles. The van der Waals surface area contributed by atoms with Crippen LogP contribution in [0.4, 0.5) is 5.69 Å². The van der Waals surface area contributed by atoms with Crippen LogP contribution in [0.15, 0.2) is 48.5 Å². The summed E-state index contributed by atoms with van der Waals surface area (Å²) in [6.07, 6.45) is 3.13. The summed E-state index contributed by atoms with van der Waals surface area (Å²) in [4.78, 5) is 26.9. The van der Waals surface area contributed by atoms with Crippen molar-refractivity contribution < 1.29 is 9.59 Å². The van der Waals surface area contributed by atoms with E-state index in [9.17, 15) is 9.59 Å². The Morgan fingerprint density at radius 3 is 2.57 bits per heavy atom. The largest absolute Gasteiger partial charge is 0.378 e. The Kier molecular flexibility index (Phi) is 4.90. The molecule has 2 heterocycles. The zero-order valence-corrected chi connectivity index (χ0v) is 16.4. The molecule has 5 heteroatoms. The Hall–Kier alpha value is -3.08. The van der Waals surface area contributed by atoms with Crippen molar-refractivity contribution in [1.82, 2.24) is 9.88 Å². The maximum atomic E-state index is 12.5. The van der Waals surface area contributed by atoms with Crippen LogP contribution in [-0.4, -0.2) is 37.0 Å². The van der Waals surface area contributed by atoms with Crippen LogP contribution >= 0.6 is 0 Å². The SMILES string of the molecule is CN(C)c1ccc(C(=O)NCCc2c3n(c4ccccc24)C(=O)CCC3)cc1. The Morgan fingerprint density at radius 2 is 1.82 bits per heavy atom. The first kappa shape index (κ1) is 18.3. The van der Waals surface area contributed by atoms with Gasteiger partial charge in [-0.2, -0.15) is 0 Å². The number of nitrogens with one attached hydrogen (secondary N) is 1. The number of fused-ring (bicyclic) bond motifs is 3. The van der Waals surface area contributed by atoms with E-state index in [-0.39, 0.29) is 11.8 Å². The fourth-order valence-electron chi connectivity index (χ4n) is 4.02. The lowest BCUT2D eigenvalue weighted by Crippen LogP contribution is -2.26. The zero-order chi connectivity index (χ0) is 19.7. The van der Waals surface area contributed by atoms with Crippen molar-refractivity contribution in [2.45, 2.75) is 25.7 Å². The number of hydrogen-bond donors (Lipinski definition) is 1. The highest BCUT2D eigenvalue weighted by atomic mass is 16.2. The van der Waals surface area contributed by atoms with Crippen LogP contribution in [0.5, 0.6) is 0 Å². The highest BCUT2D eigenvalue weighted by Crippen LogP contribution is 2.31. The number of carbonyl (C=O) groups is 2. The predicted molar refractivity (Wildman–Crippen MR) is 112 cm³/mol. The second-order valence-corrected chi connectivity index (χ2v) is 7.47. The lowest BCUT2D eigenvalue weighted by molar-refractivity contribution is 0.0887. The van der Waals surface area contributed by atoms with Crippen LogP contribution in [-0.2, 0) is 12.8 Å². The molecule has 1 aromatic heterocycles. The highest BCUT2D eigenvalue weighted by molar-refractivity contribution is 5.97. The second-order valence-electron chi connectivity index (χ2n) is 7.47. The summed E-state index contributed by atoms with van der Waals surface area (Å²) in [6.45, 7) is 0.545. The third-order valence-corrected chi connectivity index (χ3v) is 5.45. The van der Waals surface area contributed by atoms with Gasteiger partial charge in [-0.3, -0.25) is 14.2 Å². The van der Waals surface area contributed by atoms with Crippen molar-refractivity contribution in [3.63, 3.8) is 0 Å². The third-order valence-electron chi connectivity index (χ3n) is 5.45. The molecule has 1 amide bonds. The number of carbonyl (C=O) groups excluding carboxylic acids is 2. The second kappa shape index (κ2) is 7.50. The summed E-state index contributed by atoms with van der Waals surface area (Å²) in [5.74, 6) is 0.104. The normalized spacial score (nSPS) is 13.4. The Morgan fingerprint density at radius 1 is 1.07 bits per heavy atom. The number of amides is 1. The van der Waals surface area contributed by atoms with Gasteiger partial charge in [-0.25, -0.2) is 0 Å². The molecular formula is C23H25N3O2. The summed E-state index contributed by atoms with van der Waals surface area (Å²) in [5, 5.41) is 4.14. The van der Waals surface area contributed by atoms with Gasteiger partial charge >= 0.3 is 0 Å². The van der Waals surface area contributed by atoms with Gasteiger partial charge in [0, 0.05) is 49.4 Å². The van der Waals surface area contributed by atoms with E-state index < -0.39 is 0 Å². The molecule has 4 rings (SSSR count).